The molecule has 14 heavy (non-hydrogen) atoms. The van der Waals surface area contributed by atoms with Crippen molar-refractivity contribution in [1.29, 1.82) is 0 Å². The number of carbonyl (C=O) groups excluding carboxylic acids is 1. The molecule has 0 saturated carbocycles. The fraction of sp³-hybridized carbons (Fsp3) is 0.222. The number of esters is 1. The Morgan fingerprint density at radius 1 is 1.50 bits per heavy atom. The molecule has 0 heterocycles. The maximum atomic E-state index is 10.6. The highest BCUT2D eigenvalue weighted by Crippen LogP contribution is 2.32. The van der Waals surface area contributed by atoms with E-state index in [1.165, 1.54) is 19.1 Å². The van der Waals surface area contributed by atoms with Crippen molar-refractivity contribution in [3.63, 3.8) is 0 Å². The van der Waals surface area contributed by atoms with Gasteiger partial charge >= 0.3 is 5.97 Å². The van der Waals surface area contributed by atoms with Gasteiger partial charge in [-0.15, -0.1) is 0 Å². The van der Waals surface area contributed by atoms with Gasteiger partial charge in [0.25, 0.3) is 0 Å². The van der Waals surface area contributed by atoms with Gasteiger partial charge in [0, 0.05) is 17.5 Å². The van der Waals surface area contributed by atoms with Crippen LogP contribution in [-0.4, -0.2) is 11.1 Å². The summed E-state index contributed by atoms with van der Waals surface area (Å²) >= 11 is 11.6. The van der Waals surface area contributed by atoms with Crippen molar-refractivity contribution in [2.45, 2.75) is 13.5 Å². The van der Waals surface area contributed by atoms with E-state index in [0.29, 0.717) is 10.6 Å². The Morgan fingerprint density at radius 3 is 2.71 bits per heavy atom. The van der Waals surface area contributed by atoms with Crippen LogP contribution in [0.3, 0.4) is 0 Å². The number of rotatable bonds is 2. The highest BCUT2D eigenvalue weighted by Gasteiger charge is 2.11. The normalized spacial score (nSPS) is 9.93. The molecule has 1 N–H and O–H groups in total. The van der Waals surface area contributed by atoms with Gasteiger partial charge in [-0.05, 0) is 12.1 Å². The van der Waals surface area contributed by atoms with E-state index in [4.69, 9.17) is 27.9 Å². The molecule has 5 heteroatoms. The molecular weight excluding hydrogens is 227 g/mol. The quantitative estimate of drug-likeness (QED) is 0.801. The first-order valence-corrected chi connectivity index (χ1v) is 4.57. The summed E-state index contributed by atoms with van der Waals surface area (Å²) < 4.78 is 4.73. The van der Waals surface area contributed by atoms with E-state index in [2.05, 4.69) is 0 Å². The lowest BCUT2D eigenvalue weighted by Crippen LogP contribution is -2.00. The minimum Gasteiger partial charge on any atom is -0.506 e. The standard InChI is InChI=1S/C9H8Cl2O3/c1-5(12)14-4-6-7(10)2-3-8(13)9(6)11/h2-3,13H,4H2,1H3. The number of halogens is 2. The largest absolute Gasteiger partial charge is 0.506 e. The smallest absolute Gasteiger partial charge is 0.302 e. The molecule has 76 valence electrons. The predicted octanol–water partition coefficient (Wildman–Crippen LogP) is 2.76. The third-order valence-electron chi connectivity index (χ3n) is 1.59. The molecule has 1 aromatic carbocycles. The van der Waals surface area contributed by atoms with Crippen molar-refractivity contribution in [3.8, 4) is 5.75 Å². The third kappa shape index (κ3) is 2.53. The molecule has 0 saturated heterocycles. The Bertz CT molecular complexity index is 363. The Morgan fingerprint density at radius 2 is 2.14 bits per heavy atom. The van der Waals surface area contributed by atoms with Crippen LogP contribution in [0.25, 0.3) is 0 Å². The average molecular weight is 235 g/mol. The maximum absolute atomic E-state index is 10.6. The van der Waals surface area contributed by atoms with E-state index in [-0.39, 0.29) is 17.4 Å². The van der Waals surface area contributed by atoms with Gasteiger partial charge in [-0.2, -0.15) is 0 Å². The number of ether oxygens (including phenoxy) is 1. The lowest BCUT2D eigenvalue weighted by Gasteiger charge is -2.07. The van der Waals surface area contributed by atoms with Crippen LogP contribution in [0.4, 0.5) is 0 Å². The Balaban J connectivity index is 2.95. The summed E-state index contributed by atoms with van der Waals surface area (Å²) in [6.45, 7) is 1.24. The van der Waals surface area contributed by atoms with Crippen LogP contribution in [0.2, 0.25) is 10.0 Å². The zero-order valence-electron chi connectivity index (χ0n) is 7.38. The van der Waals surface area contributed by atoms with Gasteiger partial charge in [0.05, 0.1) is 5.02 Å². The SMILES string of the molecule is CC(=O)OCc1c(Cl)ccc(O)c1Cl. The van der Waals surface area contributed by atoms with Crippen molar-refractivity contribution in [2.24, 2.45) is 0 Å². The van der Waals surface area contributed by atoms with Gasteiger partial charge in [0.15, 0.2) is 0 Å². The molecule has 0 radical (unpaired) electrons. The van der Waals surface area contributed by atoms with Crippen LogP contribution in [0.5, 0.6) is 5.75 Å². The summed E-state index contributed by atoms with van der Waals surface area (Å²) in [5.74, 6) is -0.515. The second kappa shape index (κ2) is 4.53. The minimum atomic E-state index is -0.430. The molecule has 0 aliphatic carbocycles. The number of carbonyl (C=O) groups is 1. The molecule has 0 fully saturated rings. The molecule has 0 aliphatic rings. The van der Waals surface area contributed by atoms with Crippen molar-refractivity contribution in [1.82, 2.24) is 0 Å². The molecule has 0 aromatic heterocycles. The summed E-state index contributed by atoms with van der Waals surface area (Å²) in [6.07, 6.45) is 0. The topological polar surface area (TPSA) is 46.5 Å². The molecule has 0 unspecified atom stereocenters. The predicted molar refractivity (Wildman–Crippen MR) is 53.6 cm³/mol. The fourth-order valence-corrected chi connectivity index (χ4v) is 1.37. The van der Waals surface area contributed by atoms with Crippen LogP contribution in [0, 0.1) is 0 Å². The summed E-state index contributed by atoms with van der Waals surface area (Å²) in [7, 11) is 0. The van der Waals surface area contributed by atoms with Crippen LogP contribution < -0.4 is 0 Å². The van der Waals surface area contributed by atoms with E-state index in [9.17, 15) is 9.90 Å². The van der Waals surface area contributed by atoms with Gasteiger partial charge in [0.1, 0.15) is 12.4 Å². The molecule has 0 atom stereocenters. The number of phenolic OH excluding ortho intramolecular Hbond substituents is 1. The zero-order chi connectivity index (χ0) is 10.7. The highest BCUT2D eigenvalue weighted by molar-refractivity contribution is 6.36. The number of aromatic hydroxyl groups is 1. The van der Waals surface area contributed by atoms with Crippen molar-refractivity contribution in [2.75, 3.05) is 0 Å². The van der Waals surface area contributed by atoms with Crippen LogP contribution in [0.15, 0.2) is 12.1 Å². The lowest BCUT2D eigenvalue weighted by atomic mass is 10.2. The van der Waals surface area contributed by atoms with Gasteiger partial charge < -0.3 is 9.84 Å². The second-order valence-corrected chi connectivity index (χ2v) is 3.42. The first kappa shape index (κ1) is 11.1. The number of phenols is 1. The highest BCUT2D eigenvalue weighted by atomic mass is 35.5. The third-order valence-corrected chi connectivity index (χ3v) is 2.36. The summed E-state index contributed by atoms with van der Waals surface area (Å²) in [5, 5.41) is 9.72. The number of benzene rings is 1. The van der Waals surface area contributed by atoms with E-state index >= 15 is 0 Å². The molecular formula is C9H8Cl2O3. The van der Waals surface area contributed by atoms with Crippen molar-refractivity contribution in [3.05, 3.63) is 27.7 Å². The number of hydrogen-bond acceptors (Lipinski definition) is 3. The van der Waals surface area contributed by atoms with Gasteiger partial charge in [-0.25, -0.2) is 0 Å². The van der Waals surface area contributed by atoms with E-state index < -0.39 is 5.97 Å². The lowest BCUT2D eigenvalue weighted by molar-refractivity contribution is -0.142. The Kier molecular flexibility index (Phi) is 3.61. The molecule has 0 aliphatic heterocycles. The number of hydrogen-bond donors (Lipinski definition) is 1. The fourth-order valence-electron chi connectivity index (χ4n) is 0.891. The molecule has 3 nitrogen and oxygen atoms in total. The molecule has 1 aromatic rings. The van der Waals surface area contributed by atoms with Crippen LogP contribution in [0.1, 0.15) is 12.5 Å². The van der Waals surface area contributed by atoms with Crippen LogP contribution in [-0.2, 0) is 16.1 Å². The summed E-state index contributed by atoms with van der Waals surface area (Å²) in [6, 6.07) is 2.86. The van der Waals surface area contributed by atoms with Gasteiger partial charge in [-0.1, -0.05) is 23.2 Å². The van der Waals surface area contributed by atoms with E-state index in [1.807, 2.05) is 0 Å². The maximum Gasteiger partial charge on any atom is 0.302 e. The van der Waals surface area contributed by atoms with Gasteiger partial charge in [0.2, 0.25) is 0 Å². The van der Waals surface area contributed by atoms with Crippen molar-refractivity contribution >= 4 is 29.2 Å². The second-order valence-electron chi connectivity index (χ2n) is 2.64. The molecule has 0 bridgehead atoms. The Hall–Kier alpha value is -0.930. The first-order valence-electron chi connectivity index (χ1n) is 3.81. The Labute approximate surface area is 91.2 Å². The molecule has 0 amide bonds. The van der Waals surface area contributed by atoms with Gasteiger partial charge in [-0.3, -0.25) is 4.79 Å². The van der Waals surface area contributed by atoms with Crippen LogP contribution >= 0.6 is 23.2 Å². The molecule has 0 spiro atoms. The minimum absolute atomic E-state index is 0.0403. The zero-order valence-corrected chi connectivity index (χ0v) is 8.89. The van der Waals surface area contributed by atoms with E-state index in [1.54, 1.807) is 0 Å². The monoisotopic (exact) mass is 234 g/mol. The first-order chi connectivity index (χ1) is 6.52. The van der Waals surface area contributed by atoms with Crippen molar-refractivity contribution < 1.29 is 14.6 Å². The summed E-state index contributed by atoms with van der Waals surface area (Å²) in [4.78, 5) is 10.6. The average Bonchev–Trinajstić information content (AvgIpc) is 2.11. The van der Waals surface area contributed by atoms with E-state index in [0.717, 1.165) is 0 Å². The molecule has 1 rings (SSSR count). The summed E-state index contributed by atoms with van der Waals surface area (Å²) in [5.41, 5.74) is 0.406.